The van der Waals surface area contributed by atoms with E-state index in [1.165, 1.54) is 5.69 Å². The van der Waals surface area contributed by atoms with Crippen LogP contribution < -0.4 is 0 Å². The summed E-state index contributed by atoms with van der Waals surface area (Å²) < 4.78 is 2.15. The van der Waals surface area contributed by atoms with Gasteiger partial charge in [0.15, 0.2) is 0 Å². The van der Waals surface area contributed by atoms with Crippen LogP contribution in [0.3, 0.4) is 0 Å². The van der Waals surface area contributed by atoms with Crippen molar-refractivity contribution >= 4 is 6.21 Å². The molecule has 1 aliphatic heterocycles. The molecule has 0 aromatic carbocycles. The maximum absolute atomic E-state index is 4.21. The normalized spacial score (nSPS) is 22.2. The minimum atomic E-state index is 0.435. The van der Waals surface area contributed by atoms with Gasteiger partial charge in [0.05, 0.1) is 6.04 Å². The molecule has 0 aliphatic carbocycles. The van der Waals surface area contributed by atoms with Gasteiger partial charge in [-0.05, 0) is 12.1 Å². The third-order valence-electron chi connectivity index (χ3n) is 2.37. The minimum absolute atomic E-state index is 0.435. The third kappa shape index (κ3) is 1.02. The average molecular weight is 163 g/mol. The predicted molar refractivity (Wildman–Crippen MR) is 49.0 cm³/mol. The Morgan fingerprint density at radius 3 is 2.83 bits per heavy atom. The standard InChI is InChI=1S/C9H13N3/c1-11-7-3-4-8(11)9-5-6-10-12(9)2/h3-4,6-7,9H,5H2,1-2H3. The quantitative estimate of drug-likeness (QED) is 0.612. The van der Waals surface area contributed by atoms with Crippen molar-refractivity contribution in [2.24, 2.45) is 12.1 Å². The molecule has 0 saturated carbocycles. The number of aryl methyl sites for hydroxylation is 1. The van der Waals surface area contributed by atoms with Crippen LogP contribution in [0.4, 0.5) is 0 Å². The van der Waals surface area contributed by atoms with Crippen LogP contribution in [0.5, 0.6) is 0 Å². The summed E-state index contributed by atoms with van der Waals surface area (Å²) in [5.41, 5.74) is 1.33. The van der Waals surface area contributed by atoms with Crippen molar-refractivity contribution in [1.82, 2.24) is 9.58 Å². The number of hydrazone groups is 1. The van der Waals surface area contributed by atoms with Gasteiger partial charge in [0.2, 0.25) is 0 Å². The van der Waals surface area contributed by atoms with E-state index in [-0.39, 0.29) is 0 Å². The zero-order chi connectivity index (χ0) is 8.55. The van der Waals surface area contributed by atoms with E-state index in [0.29, 0.717) is 6.04 Å². The molecule has 3 heteroatoms. The molecule has 12 heavy (non-hydrogen) atoms. The Morgan fingerprint density at radius 2 is 2.33 bits per heavy atom. The number of aromatic nitrogens is 1. The number of nitrogens with zero attached hydrogens (tertiary/aromatic N) is 3. The molecule has 0 N–H and O–H groups in total. The maximum Gasteiger partial charge on any atom is 0.0916 e. The molecule has 2 rings (SSSR count). The zero-order valence-electron chi connectivity index (χ0n) is 7.44. The Morgan fingerprint density at radius 1 is 1.50 bits per heavy atom. The Balaban J connectivity index is 2.26. The van der Waals surface area contributed by atoms with E-state index in [0.717, 1.165) is 6.42 Å². The van der Waals surface area contributed by atoms with E-state index in [9.17, 15) is 0 Å². The Kier molecular flexibility index (Phi) is 1.64. The van der Waals surface area contributed by atoms with E-state index in [4.69, 9.17) is 0 Å². The molecule has 0 amide bonds. The zero-order valence-corrected chi connectivity index (χ0v) is 7.44. The van der Waals surface area contributed by atoms with Gasteiger partial charge in [0.1, 0.15) is 0 Å². The first-order valence-electron chi connectivity index (χ1n) is 4.15. The minimum Gasteiger partial charge on any atom is -0.353 e. The molecule has 1 unspecified atom stereocenters. The summed E-state index contributed by atoms with van der Waals surface area (Å²) in [5, 5.41) is 6.22. The van der Waals surface area contributed by atoms with Crippen molar-refractivity contribution in [2.75, 3.05) is 7.05 Å². The van der Waals surface area contributed by atoms with Crippen molar-refractivity contribution in [1.29, 1.82) is 0 Å². The van der Waals surface area contributed by atoms with Crippen molar-refractivity contribution in [2.45, 2.75) is 12.5 Å². The van der Waals surface area contributed by atoms with E-state index in [1.54, 1.807) is 0 Å². The van der Waals surface area contributed by atoms with Gasteiger partial charge in [0, 0.05) is 38.6 Å². The summed E-state index contributed by atoms with van der Waals surface area (Å²) in [6.45, 7) is 0. The molecule has 1 aromatic rings. The molecule has 64 valence electrons. The highest BCUT2D eigenvalue weighted by Gasteiger charge is 2.20. The lowest BCUT2D eigenvalue weighted by Crippen LogP contribution is -2.16. The molecule has 3 nitrogen and oxygen atoms in total. The second-order valence-corrected chi connectivity index (χ2v) is 3.17. The fourth-order valence-corrected chi connectivity index (χ4v) is 1.64. The molecular weight excluding hydrogens is 150 g/mol. The first-order chi connectivity index (χ1) is 5.79. The van der Waals surface area contributed by atoms with Gasteiger partial charge < -0.3 is 4.57 Å². The smallest absolute Gasteiger partial charge is 0.0916 e. The van der Waals surface area contributed by atoms with Crippen LogP contribution in [0.1, 0.15) is 18.2 Å². The first kappa shape index (κ1) is 7.40. The van der Waals surface area contributed by atoms with Crippen molar-refractivity contribution in [3.63, 3.8) is 0 Å². The second kappa shape index (κ2) is 2.66. The Labute approximate surface area is 72.3 Å². The van der Waals surface area contributed by atoms with Crippen LogP contribution in [0, 0.1) is 0 Å². The first-order valence-corrected chi connectivity index (χ1v) is 4.15. The number of hydrogen-bond donors (Lipinski definition) is 0. The molecule has 0 spiro atoms. The fraction of sp³-hybridized carbons (Fsp3) is 0.444. The van der Waals surface area contributed by atoms with Gasteiger partial charge in [0.25, 0.3) is 0 Å². The highest BCUT2D eigenvalue weighted by molar-refractivity contribution is 5.60. The summed E-state index contributed by atoms with van der Waals surface area (Å²) in [6, 6.07) is 4.65. The van der Waals surface area contributed by atoms with Crippen LogP contribution >= 0.6 is 0 Å². The lowest BCUT2D eigenvalue weighted by Gasteiger charge is -2.19. The topological polar surface area (TPSA) is 20.5 Å². The Bertz CT molecular complexity index is 300. The molecule has 0 saturated heterocycles. The molecule has 2 heterocycles. The van der Waals surface area contributed by atoms with Gasteiger partial charge in [-0.1, -0.05) is 0 Å². The summed E-state index contributed by atoms with van der Waals surface area (Å²) in [7, 11) is 4.09. The van der Waals surface area contributed by atoms with Crippen LogP contribution in [0.25, 0.3) is 0 Å². The highest BCUT2D eigenvalue weighted by Crippen LogP contribution is 2.25. The molecule has 1 aromatic heterocycles. The summed E-state index contributed by atoms with van der Waals surface area (Å²) >= 11 is 0. The van der Waals surface area contributed by atoms with Crippen LogP contribution in [-0.2, 0) is 7.05 Å². The molecule has 1 atom stereocenters. The summed E-state index contributed by atoms with van der Waals surface area (Å²) in [6.07, 6.45) is 5.06. The highest BCUT2D eigenvalue weighted by atomic mass is 15.5. The SMILES string of the molecule is CN1N=CCC1c1cccn1C. The van der Waals surface area contributed by atoms with Crippen LogP contribution in [0.2, 0.25) is 0 Å². The van der Waals surface area contributed by atoms with Crippen LogP contribution in [0.15, 0.2) is 23.4 Å². The number of hydrogen-bond acceptors (Lipinski definition) is 2. The van der Waals surface area contributed by atoms with E-state index in [1.807, 2.05) is 18.3 Å². The monoisotopic (exact) mass is 163 g/mol. The lowest BCUT2D eigenvalue weighted by atomic mass is 10.1. The van der Waals surface area contributed by atoms with Crippen molar-refractivity contribution < 1.29 is 0 Å². The van der Waals surface area contributed by atoms with Gasteiger partial charge in [-0.25, -0.2) is 0 Å². The van der Waals surface area contributed by atoms with Crippen molar-refractivity contribution in [3.8, 4) is 0 Å². The van der Waals surface area contributed by atoms with E-state index >= 15 is 0 Å². The Hall–Kier alpha value is -1.25. The van der Waals surface area contributed by atoms with E-state index < -0.39 is 0 Å². The number of rotatable bonds is 1. The van der Waals surface area contributed by atoms with Gasteiger partial charge >= 0.3 is 0 Å². The molecule has 0 bridgehead atoms. The van der Waals surface area contributed by atoms with Gasteiger partial charge in [-0.2, -0.15) is 5.10 Å². The molecule has 0 radical (unpaired) electrons. The van der Waals surface area contributed by atoms with Crippen molar-refractivity contribution in [3.05, 3.63) is 24.0 Å². The molecular formula is C9H13N3. The maximum atomic E-state index is 4.21. The summed E-state index contributed by atoms with van der Waals surface area (Å²) in [5.74, 6) is 0. The van der Waals surface area contributed by atoms with E-state index in [2.05, 4.69) is 35.0 Å². The predicted octanol–water partition coefficient (Wildman–Crippen LogP) is 1.39. The fourth-order valence-electron chi connectivity index (χ4n) is 1.64. The average Bonchev–Trinajstić information content (AvgIpc) is 2.59. The lowest BCUT2D eigenvalue weighted by molar-refractivity contribution is 0.280. The van der Waals surface area contributed by atoms with Crippen LogP contribution in [-0.4, -0.2) is 22.8 Å². The third-order valence-corrected chi connectivity index (χ3v) is 2.37. The second-order valence-electron chi connectivity index (χ2n) is 3.17. The largest absolute Gasteiger partial charge is 0.353 e. The molecule has 0 fully saturated rings. The molecule has 1 aliphatic rings. The summed E-state index contributed by atoms with van der Waals surface area (Å²) in [4.78, 5) is 0. The van der Waals surface area contributed by atoms with Gasteiger partial charge in [-0.15, -0.1) is 0 Å². The van der Waals surface area contributed by atoms with Gasteiger partial charge in [-0.3, -0.25) is 5.01 Å².